The zero-order valence-corrected chi connectivity index (χ0v) is 37.2. The number of carbonyl (C=O) groups excluding carboxylic acids is 2. The fraction of sp³-hybridized carbons (Fsp3) is 0.911. The first-order valence-corrected chi connectivity index (χ1v) is 22.4. The minimum Gasteiger partial charge on any atom is -0.462 e. The maximum atomic E-state index is 15.0. The molecule has 0 bridgehead atoms. The van der Waals surface area contributed by atoms with Crippen LogP contribution in [0.3, 0.4) is 0 Å². The van der Waals surface area contributed by atoms with E-state index in [9.17, 15) is 9.90 Å². The first-order chi connectivity index (χ1) is 27.7. The Balaban J connectivity index is 1.30. The van der Waals surface area contributed by atoms with Crippen molar-refractivity contribution in [1.82, 2.24) is 10.2 Å². The second-order valence-corrected chi connectivity index (χ2v) is 18.9. The van der Waals surface area contributed by atoms with Crippen molar-refractivity contribution >= 4 is 11.8 Å². The lowest BCUT2D eigenvalue weighted by Crippen LogP contribution is -2.59. The van der Waals surface area contributed by atoms with Crippen LogP contribution in [-0.2, 0) is 47.5 Å². The zero-order chi connectivity index (χ0) is 42.0. The van der Waals surface area contributed by atoms with Crippen LogP contribution in [0, 0.1) is 41.4 Å². The van der Waals surface area contributed by atoms with Gasteiger partial charge in [0, 0.05) is 45.2 Å². The highest BCUT2D eigenvalue weighted by Gasteiger charge is 2.59. The largest absolute Gasteiger partial charge is 0.462 e. The maximum absolute atomic E-state index is 15.0. The van der Waals surface area contributed by atoms with Crippen molar-refractivity contribution in [1.29, 1.82) is 0 Å². The van der Waals surface area contributed by atoms with E-state index in [0.29, 0.717) is 56.2 Å². The fourth-order valence-electron chi connectivity index (χ4n) is 11.7. The molecule has 5 fully saturated rings. The van der Waals surface area contributed by atoms with Crippen molar-refractivity contribution in [2.24, 2.45) is 41.4 Å². The molecule has 0 aromatic rings. The second-order valence-electron chi connectivity index (χ2n) is 18.9. The third-order valence-corrected chi connectivity index (χ3v) is 14.7. The van der Waals surface area contributed by atoms with Gasteiger partial charge in [-0.15, -0.1) is 0 Å². The van der Waals surface area contributed by atoms with Gasteiger partial charge < -0.3 is 53.2 Å². The number of cyclic esters (lactones) is 1. The molecule has 0 radical (unpaired) electrons. The molecule has 332 valence electrons. The SMILES string of the molecule is CC[C@H]1CCC[C@H](O[C@H]2CC[C@H](N(C)C)C(C)O2)[C@@H](C)C(=O)C2=C[C@H]3[C@@H]4C[C@H](O[C@@H]5OC(C)[C@H](OC)C(OC)[C@@H]5OC)C[C@H]4[C@@H](O)[C@H](NCC(C)C)[C@H]3[C@@H]2CC(=O)O1. The Morgan fingerprint density at radius 3 is 2.24 bits per heavy atom. The zero-order valence-electron chi connectivity index (χ0n) is 37.2. The van der Waals surface area contributed by atoms with Crippen LogP contribution in [0.1, 0.15) is 99.3 Å². The number of hydrogen-bond donors (Lipinski definition) is 2. The van der Waals surface area contributed by atoms with Crippen molar-refractivity contribution in [2.75, 3.05) is 42.0 Å². The molecule has 2 saturated carbocycles. The van der Waals surface area contributed by atoms with Crippen LogP contribution in [-0.4, -0.2) is 143 Å². The van der Waals surface area contributed by atoms with Gasteiger partial charge in [0.2, 0.25) is 0 Å². The van der Waals surface area contributed by atoms with Gasteiger partial charge >= 0.3 is 5.97 Å². The number of methoxy groups -OCH3 is 3. The number of ether oxygens (including phenoxy) is 8. The minimum absolute atomic E-state index is 0.00550. The molecule has 3 saturated heterocycles. The van der Waals surface area contributed by atoms with Crippen LogP contribution < -0.4 is 5.32 Å². The van der Waals surface area contributed by atoms with Crippen LogP contribution in [0.15, 0.2) is 11.6 Å². The van der Waals surface area contributed by atoms with Gasteiger partial charge in [0.15, 0.2) is 18.4 Å². The minimum atomic E-state index is -0.707. The number of rotatable bonds is 12. The summed E-state index contributed by atoms with van der Waals surface area (Å²) in [5, 5.41) is 16.1. The van der Waals surface area contributed by atoms with E-state index in [1.54, 1.807) is 21.3 Å². The van der Waals surface area contributed by atoms with E-state index >= 15 is 4.79 Å². The number of fused-ring (bicyclic) bond motifs is 5. The number of carbonyl (C=O) groups is 2. The van der Waals surface area contributed by atoms with Gasteiger partial charge in [-0.2, -0.15) is 0 Å². The number of esters is 1. The van der Waals surface area contributed by atoms with Crippen LogP contribution in [0.4, 0.5) is 0 Å². The normalized spacial score (nSPS) is 45.2. The standard InChI is InChI=1S/C45H76N2O11/c1-12-27-14-13-15-35(58-37-17-16-34(47(7)8)25(5)54-37)24(4)40(49)33-20-30-29-18-28(57-45-44(53-11)43(52-10)42(51-9)26(6)55-45)19-32(29)41(50)39(46-22-23(2)3)38(30)31(33)21-36(48)56-27/h20,23-32,34-35,37-39,41-46,50H,12-19,21-22H2,1-11H3/t24-,25?,26?,27+,28+,29+,30+,31-,32-,34+,35+,37+,38-,39-,41-,42+,43?,44+,45+/m1/s1. The van der Waals surface area contributed by atoms with E-state index in [4.69, 9.17) is 37.9 Å². The van der Waals surface area contributed by atoms with Gasteiger partial charge in [-0.25, -0.2) is 0 Å². The number of aliphatic hydroxyl groups is 1. The third kappa shape index (κ3) is 9.74. The van der Waals surface area contributed by atoms with Crippen LogP contribution in [0.5, 0.6) is 0 Å². The Bertz CT molecular complexity index is 1400. The lowest BCUT2D eigenvalue weighted by Gasteiger charge is -2.48. The van der Waals surface area contributed by atoms with Crippen LogP contribution in [0.25, 0.3) is 0 Å². The molecule has 13 nitrogen and oxygen atoms in total. The highest BCUT2D eigenvalue weighted by atomic mass is 16.7. The van der Waals surface area contributed by atoms with Crippen molar-refractivity contribution in [3.63, 3.8) is 0 Å². The molecule has 0 aromatic carbocycles. The van der Waals surface area contributed by atoms with Gasteiger partial charge in [0.25, 0.3) is 0 Å². The Kier molecular flexibility index (Phi) is 16.0. The fourth-order valence-corrected chi connectivity index (χ4v) is 11.7. The number of hydrogen-bond acceptors (Lipinski definition) is 13. The summed E-state index contributed by atoms with van der Waals surface area (Å²) in [4.78, 5) is 31.1. The highest BCUT2D eigenvalue weighted by molar-refractivity contribution is 5.99. The lowest BCUT2D eigenvalue weighted by molar-refractivity contribution is -0.314. The smallest absolute Gasteiger partial charge is 0.306 e. The summed E-state index contributed by atoms with van der Waals surface area (Å²) in [5.41, 5.74) is 0.679. The predicted molar refractivity (Wildman–Crippen MR) is 218 cm³/mol. The van der Waals surface area contributed by atoms with Gasteiger partial charge in [0.05, 0.1) is 36.9 Å². The molecule has 3 heterocycles. The number of likely N-dealkylation sites (N-methyl/N-ethyl adjacent to an activating group) is 1. The van der Waals surface area contributed by atoms with Gasteiger partial charge in [-0.05, 0) is 121 Å². The second kappa shape index (κ2) is 20.1. The maximum Gasteiger partial charge on any atom is 0.306 e. The van der Waals surface area contributed by atoms with Crippen molar-refractivity contribution in [3.05, 3.63) is 11.6 Å². The summed E-state index contributed by atoms with van der Waals surface area (Å²) in [6, 6.07) is -0.0193. The molecule has 0 spiro atoms. The number of ketones is 1. The summed E-state index contributed by atoms with van der Waals surface area (Å²) in [5.74, 6) is -1.07. The first kappa shape index (κ1) is 46.0. The average Bonchev–Trinajstić information content (AvgIpc) is 3.77. The van der Waals surface area contributed by atoms with Crippen molar-refractivity contribution in [2.45, 2.75) is 179 Å². The van der Waals surface area contributed by atoms with Gasteiger partial charge in [0.1, 0.15) is 24.4 Å². The number of aliphatic hydroxyl groups excluding tert-OH is 1. The average molecular weight is 821 g/mol. The molecule has 2 N–H and O–H groups in total. The molecule has 3 aliphatic carbocycles. The topological polar surface area (TPSA) is 143 Å². The molecule has 3 aliphatic heterocycles. The molecule has 0 amide bonds. The van der Waals surface area contributed by atoms with E-state index in [-0.39, 0.29) is 96.9 Å². The van der Waals surface area contributed by atoms with E-state index in [1.807, 2.05) is 13.8 Å². The Morgan fingerprint density at radius 1 is 0.897 bits per heavy atom. The number of nitrogens with zero attached hydrogens (tertiary/aromatic N) is 1. The highest BCUT2D eigenvalue weighted by Crippen LogP contribution is 2.57. The molecule has 3 unspecified atom stereocenters. The molecular formula is C45H76N2O11. The van der Waals surface area contributed by atoms with Gasteiger partial charge in [-0.1, -0.05) is 33.8 Å². The first-order valence-electron chi connectivity index (χ1n) is 22.4. The Labute approximate surface area is 347 Å². The quantitative estimate of drug-likeness (QED) is 0.258. The molecule has 13 heteroatoms. The monoisotopic (exact) mass is 821 g/mol. The van der Waals surface area contributed by atoms with E-state index in [2.05, 4.69) is 58.1 Å². The number of allylic oxidation sites excluding steroid dienone is 2. The summed E-state index contributed by atoms with van der Waals surface area (Å²) in [6.07, 6.45) is 4.08. The number of Topliss-reactive ketones (excluding diaryl/α,β-unsaturated/α-hetero) is 1. The summed E-state index contributed by atoms with van der Waals surface area (Å²) in [6.45, 7) is 13.1. The van der Waals surface area contributed by atoms with E-state index < -0.39 is 30.3 Å². The lowest BCUT2D eigenvalue weighted by atomic mass is 9.62. The van der Waals surface area contributed by atoms with Crippen LogP contribution in [0.2, 0.25) is 0 Å². The third-order valence-electron chi connectivity index (χ3n) is 14.7. The summed E-state index contributed by atoms with van der Waals surface area (Å²) >= 11 is 0. The van der Waals surface area contributed by atoms with E-state index in [1.165, 1.54) is 0 Å². The predicted octanol–water partition coefficient (Wildman–Crippen LogP) is 4.91. The van der Waals surface area contributed by atoms with Crippen LogP contribution >= 0.6 is 0 Å². The molecule has 6 rings (SSSR count). The summed E-state index contributed by atoms with van der Waals surface area (Å²) in [7, 11) is 9.08. The van der Waals surface area contributed by atoms with Crippen molar-refractivity contribution < 1.29 is 52.6 Å². The number of nitrogens with one attached hydrogen (secondary N) is 1. The molecule has 6 aliphatic rings. The Morgan fingerprint density at radius 2 is 1.60 bits per heavy atom. The van der Waals surface area contributed by atoms with Gasteiger partial charge in [-0.3, -0.25) is 9.59 Å². The molecule has 58 heavy (non-hydrogen) atoms. The Hall–Kier alpha value is -1.52. The summed E-state index contributed by atoms with van der Waals surface area (Å²) < 4.78 is 50.0. The molecule has 0 aromatic heterocycles. The van der Waals surface area contributed by atoms with Crippen molar-refractivity contribution in [3.8, 4) is 0 Å². The molecular weight excluding hydrogens is 744 g/mol. The molecule has 19 atom stereocenters. The van der Waals surface area contributed by atoms with E-state index in [0.717, 1.165) is 19.3 Å².